The van der Waals surface area contributed by atoms with Gasteiger partial charge in [0.05, 0.1) is 5.56 Å². The molecule has 0 aliphatic heterocycles. The van der Waals surface area contributed by atoms with E-state index in [9.17, 15) is 9.18 Å². The van der Waals surface area contributed by atoms with Crippen molar-refractivity contribution in [1.29, 1.82) is 0 Å². The van der Waals surface area contributed by atoms with Crippen LogP contribution in [0.4, 0.5) is 4.39 Å². The second-order valence-corrected chi connectivity index (χ2v) is 5.55. The topological polar surface area (TPSA) is 17.1 Å². The van der Waals surface area contributed by atoms with E-state index >= 15 is 0 Å². The average Bonchev–Trinajstić information content (AvgIpc) is 2.41. The van der Waals surface area contributed by atoms with Gasteiger partial charge in [0.15, 0.2) is 5.78 Å². The molecule has 1 aromatic carbocycles. The lowest BCUT2D eigenvalue weighted by Gasteiger charge is -2.26. The standard InChI is InChI=1S/C15H18ClFO/c1-2-10-3-5-11(6-4-10)15(18)13-9-12(16)7-8-14(13)17/h7-11H,2-6H2,1H3. The predicted octanol–water partition coefficient (Wildman–Crippen LogP) is 4.88. The van der Waals surface area contributed by atoms with Crippen LogP contribution in [0.5, 0.6) is 0 Å². The summed E-state index contributed by atoms with van der Waals surface area (Å²) in [5, 5.41) is 0.419. The molecule has 0 amide bonds. The third kappa shape index (κ3) is 2.92. The van der Waals surface area contributed by atoms with E-state index in [4.69, 9.17) is 11.6 Å². The Kier molecular flexibility index (Phi) is 4.39. The summed E-state index contributed by atoms with van der Waals surface area (Å²) in [4.78, 5) is 12.3. The molecule has 0 radical (unpaired) electrons. The van der Waals surface area contributed by atoms with Crippen molar-refractivity contribution in [3.05, 3.63) is 34.6 Å². The first-order chi connectivity index (χ1) is 8.61. The van der Waals surface area contributed by atoms with Gasteiger partial charge in [0.1, 0.15) is 5.82 Å². The van der Waals surface area contributed by atoms with E-state index in [0.29, 0.717) is 5.02 Å². The van der Waals surface area contributed by atoms with Gasteiger partial charge in [0.25, 0.3) is 0 Å². The summed E-state index contributed by atoms with van der Waals surface area (Å²) < 4.78 is 13.6. The van der Waals surface area contributed by atoms with Gasteiger partial charge in [-0.3, -0.25) is 4.79 Å². The zero-order valence-electron chi connectivity index (χ0n) is 10.6. The first-order valence-corrected chi connectivity index (χ1v) is 6.99. The molecule has 1 saturated carbocycles. The first kappa shape index (κ1) is 13.5. The van der Waals surface area contributed by atoms with E-state index in [0.717, 1.165) is 31.6 Å². The first-order valence-electron chi connectivity index (χ1n) is 6.61. The van der Waals surface area contributed by atoms with Gasteiger partial charge < -0.3 is 0 Å². The van der Waals surface area contributed by atoms with Gasteiger partial charge in [0, 0.05) is 10.9 Å². The molecule has 1 aliphatic rings. The monoisotopic (exact) mass is 268 g/mol. The minimum Gasteiger partial charge on any atom is -0.294 e. The zero-order valence-corrected chi connectivity index (χ0v) is 11.3. The molecule has 3 heteroatoms. The Bertz CT molecular complexity index is 436. The number of hydrogen-bond acceptors (Lipinski definition) is 1. The van der Waals surface area contributed by atoms with Crippen molar-refractivity contribution in [1.82, 2.24) is 0 Å². The third-order valence-corrected chi connectivity index (χ3v) is 4.22. The van der Waals surface area contributed by atoms with Crippen LogP contribution in [0.25, 0.3) is 0 Å². The number of hydrogen-bond donors (Lipinski definition) is 0. The molecule has 1 aromatic rings. The molecule has 0 aromatic heterocycles. The Morgan fingerprint density at radius 3 is 2.61 bits per heavy atom. The van der Waals surface area contributed by atoms with E-state index in [1.807, 2.05) is 0 Å². The van der Waals surface area contributed by atoms with Gasteiger partial charge in [-0.05, 0) is 49.8 Å². The summed E-state index contributed by atoms with van der Waals surface area (Å²) in [6, 6.07) is 4.19. The van der Waals surface area contributed by atoms with Crippen LogP contribution in [0.3, 0.4) is 0 Å². The van der Waals surface area contributed by atoms with Gasteiger partial charge in [-0.15, -0.1) is 0 Å². The average molecular weight is 269 g/mol. The Labute approximate surface area is 112 Å². The number of carbonyl (C=O) groups is 1. The SMILES string of the molecule is CCC1CCC(C(=O)c2cc(Cl)ccc2F)CC1. The van der Waals surface area contributed by atoms with Crippen molar-refractivity contribution < 1.29 is 9.18 Å². The number of carbonyl (C=O) groups excluding carboxylic acids is 1. The number of Topliss-reactive ketones (excluding diaryl/α,β-unsaturated/α-hetero) is 1. The molecule has 1 fully saturated rings. The molecule has 0 N–H and O–H groups in total. The quantitative estimate of drug-likeness (QED) is 0.714. The van der Waals surface area contributed by atoms with E-state index < -0.39 is 5.82 Å². The fraction of sp³-hybridized carbons (Fsp3) is 0.533. The smallest absolute Gasteiger partial charge is 0.168 e. The summed E-state index contributed by atoms with van der Waals surface area (Å²) in [6.45, 7) is 2.18. The lowest BCUT2D eigenvalue weighted by atomic mass is 9.78. The largest absolute Gasteiger partial charge is 0.294 e. The van der Waals surface area contributed by atoms with Gasteiger partial charge in [-0.2, -0.15) is 0 Å². The highest BCUT2D eigenvalue weighted by Crippen LogP contribution is 2.33. The second-order valence-electron chi connectivity index (χ2n) is 5.11. The summed E-state index contributed by atoms with van der Waals surface area (Å²) in [7, 11) is 0. The Balaban J connectivity index is 2.10. The number of ketones is 1. The summed E-state index contributed by atoms with van der Waals surface area (Å²) >= 11 is 5.83. The minimum absolute atomic E-state index is 0.0271. The number of rotatable bonds is 3. The molecule has 2 rings (SSSR count). The second kappa shape index (κ2) is 5.83. The zero-order chi connectivity index (χ0) is 13.1. The summed E-state index contributed by atoms with van der Waals surface area (Å²) in [6.07, 6.45) is 5.09. The van der Waals surface area contributed by atoms with Gasteiger partial charge in [0.2, 0.25) is 0 Å². The van der Waals surface area contributed by atoms with Crippen molar-refractivity contribution in [3.8, 4) is 0 Å². The molecule has 0 spiro atoms. The maximum absolute atomic E-state index is 13.6. The molecule has 98 valence electrons. The van der Waals surface area contributed by atoms with E-state index in [1.54, 1.807) is 0 Å². The highest BCUT2D eigenvalue weighted by atomic mass is 35.5. The molecular formula is C15H18ClFO. The van der Waals surface area contributed by atoms with E-state index in [-0.39, 0.29) is 17.3 Å². The van der Waals surface area contributed by atoms with E-state index in [2.05, 4.69) is 6.92 Å². The summed E-state index contributed by atoms with van der Waals surface area (Å²) in [5.41, 5.74) is 0.155. The van der Waals surface area contributed by atoms with Crippen molar-refractivity contribution in [2.45, 2.75) is 39.0 Å². The van der Waals surface area contributed by atoms with Crippen molar-refractivity contribution in [2.24, 2.45) is 11.8 Å². The van der Waals surface area contributed by atoms with Crippen molar-refractivity contribution >= 4 is 17.4 Å². The molecular weight excluding hydrogens is 251 g/mol. The molecule has 1 nitrogen and oxygen atoms in total. The third-order valence-electron chi connectivity index (χ3n) is 3.99. The van der Waals surface area contributed by atoms with Gasteiger partial charge >= 0.3 is 0 Å². The molecule has 1 aliphatic carbocycles. The molecule has 0 saturated heterocycles. The van der Waals surface area contributed by atoms with Crippen LogP contribution in [-0.4, -0.2) is 5.78 Å². The van der Waals surface area contributed by atoms with Crippen LogP contribution in [0.1, 0.15) is 49.4 Å². The fourth-order valence-corrected chi connectivity index (χ4v) is 2.91. The number of benzene rings is 1. The van der Waals surface area contributed by atoms with Crippen LogP contribution < -0.4 is 0 Å². The minimum atomic E-state index is -0.456. The van der Waals surface area contributed by atoms with Crippen molar-refractivity contribution in [2.75, 3.05) is 0 Å². The number of halogens is 2. The molecule has 0 heterocycles. The van der Waals surface area contributed by atoms with Crippen LogP contribution >= 0.6 is 11.6 Å². The van der Waals surface area contributed by atoms with Crippen LogP contribution in [0.15, 0.2) is 18.2 Å². The normalized spacial score (nSPS) is 23.9. The molecule has 0 unspecified atom stereocenters. The summed E-state index contributed by atoms with van der Waals surface area (Å²) in [5.74, 6) is 0.172. The van der Waals surface area contributed by atoms with Gasteiger partial charge in [-0.1, -0.05) is 24.9 Å². The van der Waals surface area contributed by atoms with Crippen LogP contribution in [0.2, 0.25) is 5.02 Å². The van der Waals surface area contributed by atoms with E-state index in [1.165, 1.54) is 24.6 Å². The predicted molar refractivity (Wildman–Crippen MR) is 71.5 cm³/mol. The lowest BCUT2D eigenvalue weighted by molar-refractivity contribution is 0.0867. The highest BCUT2D eigenvalue weighted by molar-refractivity contribution is 6.31. The Hall–Kier alpha value is -0.890. The van der Waals surface area contributed by atoms with Crippen LogP contribution in [-0.2, 0) is 0 Å². The van der Waals surface area contributed by atoms with Crippen molar-refractivity contribution in [3.63, 3.8) is 0 Å². The highest BCUT2D eigenvalue weighted by Gasteiger charge is 2.27. The maximum atomic E-state index is 13.6. The maximum Gasteiger partial charge on any atom is 0.168 e. The van der Waals surface area contributed by atoms with Crippen LogP contribution in [0, 0.1) is 17.7 Å². The molecule has 0 bridgehead atoms. The lowest BCUT2D eigenvalue weighted by Crippen LogP contribution is -2.22. The molecule has 18 heavy (non-hydrogen) atoms. The Morgan fingerprint density at radius 1 is 1.33 bits per heavy atom. The van der Waals surface area contributed by atoms with Gasteiger partial charge in [-0.25, -0.2) is 4.39 Å². The molecule has 0 atom stereocenters. The Morgan fingerprint density at radius 2 is 2.00 bits per heavy atom. The fourth-order valence-electron chi connectivity index (χ4n) is 2.74.